The maximum atomic E-state index is 13.3. The average molecular weight is 405 g/mol. The van der Waals surface area contributed by atoms with Crippen molar-refractivity contribution in [1.82, 2.24) is 10.6 Å². The summed E-state index contributed by atoms with van der Waals surface area (Å²) in [6.07, 6.45) is -0.184. The lowest BCUT2D eigenvalue weighted by molar-refractivity contribution is 0.223. The quantitative estimate of drug-likeness (QED) is 0.494. The SMILES string of the molecule is CN=C(NCc1cc(OC)c(OC)c(OC)c1)NCC(C)Oc1cccc(F)c1. The number of aliphatic imine (C=N–C) groups is 1. The van der Waals surface area contributed by atoms with Crippen molar-refractivity contribution in [2.45, 2.75) is 19.6 Å². The Hall–Kier alpha value is -3.16. The Kier molecular flexibility index (Phi) is 8.39. The summed E-state index contributed by atoms with van der Waals surface area (Å²) in [6.45, 7) is 2.88. The first-order valence-corrected chi connectivity index (χ1v) is 9.16. The molecule has 0 saturated heterocycles. The van der Waals surface area contributed by atoms with Gasteiger partial charge in [-0.2, -0.15) is 0 Å². The van der Waals surface area contributed by atoms with E-state index in [0.717, 1.165) is 5.56 Å². The number of ether oxygens (including phenoxy) is 4. The van der Waals surface area contributed by atoms with Crippen LogP contribution < -0.4 is 29.6 Å². The van der Waals surface area contributed by atoms with Crippen LogP contribution in [0, 0.1) is 5.82 Å². The molecule has 158 valence electrons. The van der Waals surface area contributed by atoms with Gasteiger partial charge in [0.2, 0.25) is 5.75 Å². The van der Waals surface area contributed by atoms with Gasteiger partial charge >= 0.3 is 0 Å². The summed E-state index contributed by atoms with van der Waals surface area (Å²) in [5.41, 5.74) is 0.937. The van der Waals surface area contributed by atoms with Gasteiger partial charge in [-0.25, -0.2) is 4.39 Å². The third-order valence-corrected chi connectivity index (χ3v) is 4.10. The van der Waals surface area contributed by atoms with Crippen LogP contribution >= 0.6 is 0 Å². The third-order valence-electron chi connectivity index (χ3n) is 4.10. The zero-order valence-corrected chi connectivity index (χ0v) is 17.4. The molecule has 0 aliphatic carbocycles. The van der Waals surface area contributed by atoms with E-state index >= 15 is 0 Å². The summed E-state index contributed by atoms with van der Waals surface area (Å²) in [5, 5.41) is 6.41. The van der Waals surface area contributed by atoms with Crippen LogP contribution in [-0.2, 0) is 6.54 Å². The van der Waals surface area contributed by atoms with Gasteiger partial charge in [0.05, 0.1) is 27.9 Å². The molecule has 0 saturated carbocycles. The van der Waals surface area contributed by atoms with E-state index in [9.17, 15) is 4.39 Å². The number of hydrogen-bond donors (Lipinski definition) is 2. The van der Waals surface area contributed by atoms with Gasteiger partial charge < -0.3 is 29.6 Å². The highest BCUT2D eigenvalue weighted by molar-refractivity contribution is 5.79. The molecule has 0 spiro atoms. The third kappa shape index (κ3) is 6.44. The number of nitrogens with one attached hydrogen (secondary N) is 2. The minimum Gasteiger partial charge on any atom is -0.493 e. The van der Waals surface area contributed by atoms with E-state index in [4.69, 9.17) is 18.9 Å². The molecule has 0 bridgehead atoms. The largest absolute Gasteiger partial charge is 0.493 e. The molecule has 0 heterocycles. The standard InChI is InChI=1S/C21H28FN3O4/c1-14(29-17-8-6-7-16(22)11-17)12-24-21(23-2)25-13-15-9-18(26-3)20(28-5)19(10-15)27-4/h6-11,14H,12-13H2,1-5H3,(H2,23,24,25). The number of rotatable bonds is 9. The lowest BCUT2D eigenvalue weighted by atomic mass is 10.2. The van der Waals surface area contributed by atoms with Crippen molar-refractivity contribution in [3.63, 3.8) is 0 Å². The van der Waals surface area contributed by atoms with Crippen LogP contribution in [0.3, 0.4) is 0 Å². The van der Waals surface area contributed by atoms with E-state index in [1.54, 1.807) is 40.5 Å². The van der Waals surface area contributed by atoms with Crippen LogP contribution in [0.2, 0.25) is 0 Å². The molecule has 2 aromatic carbocycles. The van der Waals surface area contributed by atoms with Gasteiger partial charge in [-0.3, -0.25) is 4.99 Å². The van der Waals surface area contributed by atoms with E-state index in [1.807, 2.05) is 19.1 Å². The van der Waals surface area contributed by atoms with Gasteiger partial charge in [-0.1, -0.05) is 6.07 Å². The predicted octanol–water partition coefficient (Wildman–Crippen LogP) is 2.98. The molecule has 0 aliphatic heterocycles. The van der Waals surface area contributed by atoms with Crippen LogP contribution in [-0.4, -0.2) is 47.0 Å². The number of nitrogens with zero attached hydrogens (tertiary/aromatic N) is 1. The molecule has 0 aliphatic rings. The zero-order valence-electron chi connectivity index (χ0n) is 17.4. The summed E-state index contributed by atoms with van der Waals surface area (Å²) in [6, 6.07) is 9.81. The molecule has 0 fully saturated rings. The van der Waals surface area contributed by atoms with Crippen LogP contribution in [0.25, 0.3) is 0 Å². The highest BCUT2D eigenvalue weighted by Crippen LogP contribution is 2.38. The van der Waals surface area contributed by atoms with Gasteiger partial charge in [0, 0.05) is 19.7 Å². The average Bonchev–Trinajstić information content (AvgIpc) is 2.72. The van der Waals surface area contributed by atoms with Crippen LogP contribution in [0.5, 0.6) is 23.0 Å². The molecule has 0 aromatic heterocycles. The Balaban J connectivity index is 1.92. The highest BCUT2D eigenvalue weighted by Gasteiger charge is 2.13. The summed E-state index contributed by atoms with van der Waals surface area (Å²) in [4.78, 5) is 4.21. The second-order valence-electron chi connectivity index (χ2n) is 6.23. The normalized spacial score (nSPS) is 12.1. The van der Waals surface area contributed by atoms with Crippen molar-refractivity contribution in [2.24, 2.45) is 4.99 Å². The van der Waals surface area contributed by atoms with Crippen molar-refractivity contribution in [3.8, 4) is 23.0 Å². The fourth-order valence-corrected chi connectivity index (χ4v) is 2.70. The monoisotopic (exact) mass is 405 g/mol. The van der Waals surface area contributed by atoms with Gasteiger partial charge in [-0.15, -0.1) is 0 Å². The van der Waals surface area contributed by atoms with E-state index in [0.29, 0.717) is 42.0 Å². The Morgan fingerprint density at radius 2 is 1.72 bits per heavy atom. The van der Waals surface area contributed by atoms with Crippen molar-refractivity contribution in [1.29, 1.82) is 0 Å². The van der Waals surface area contributed by atoms with E-state index < -0.39 is 0 Å². The molecular weight excluding hydrogens is 377 g/mol. The lowest BCUT2D eigenvalue weighted by Crippen LogP contribution is -2.41. The molecule has 1 atom stereocenters. The molecule has 2 rings (SSSR count). The summed E-state index contributed by atoms with van der Waals surface area (Å²) in [7, 11) is 6.41. The molecule has 8 heteroatoms. The Bertz CT molecular complexity index is 804. The highest BCUT2D eigenvalue weighted by atomic mass is 19.1. The smallest absolute Gasteiger partial charge is 0.203 e. The Morgan fingerprint density at radius 1 is 1.03 bits per heavy atom. The second-order valence-corrected chi connectivity index (χ2v) is 6.23. The zero-order chi connectivity index (χ0) is 21.2. The molecule has 2 N–H and O–H groups in total. The van der Waals surface area contributed by atoms with Gasteiger partial charge in [-0.05, 0) is 36.8 Å². The predicted molar refractivity (Wildman–Crippen MR) is 111 cm³/mol. The fourth-order valence-electron chi connectivity index (χ4n) is 2.70. The minimum atomic E-state index is -0.328. The van der Waals surface area contributed by atoms with Crippen molar-refractivity contribution >= 4 is 5.96 Å². The molecule has 1 unspecified atom stereocenters. The van der Waals surface area contributed by atoms with Gasteiger partial charge in [0.25, 0.3) is 0 Å². The Labute approximate surface area is 170 Å². The van der Waals surface area contributed by atoms with Crippen molar-refractivity contribution < 1.29 is 23.3 Å². The lowest BCUT2D eigenvalue weighted by Gasteiger charge is -2.18. The van der Waals surface area contributed by atoms with Crippen LogP contribution in [0.15, 0.2) is 41.4 Å². The number of benzene rings is 2. The summed E-state index contributed by atoms with van der Waals surface area (Å²) < 4.78 is 35.0. The van der Waals surface area contributed by atoms with Crippen molar-refractivity contribution in [2.75, 3.05) is 34.9 Å². The fraction of sp³-hybridized carbons (Fsp3) is 0.381. The van der Waals surface area contributed by atoms with E-state index in [1.165, 1.54) is 12.1 Å². The molecule has 29 heavy (non-hydrogen) atoms. The molecule has 2 aromatic rings. The van der Waals surface area contributed by atoms with Crippen molar-refractivity contribution in [3.05, 3.63) is 47.8 Å². The molecule has 7 nitrogen and oxygen atoms in total. The summed E-state index contributed by atoms with van der Waals surface area (Å²) in [5.74, 6) is 2.48. The first-order valence-electron chi connectivity index (χ1n) is 9.16. The van der Waals surface area contributed by atoms with E-state index in [-0.39, 0.29) is 11.9 Å². The number of halogens is 1. The van der Waals surface area contributed by atoms with Gasteiger partial charge in [0.1, 0.15) is 17.7 Å². The number of guanidine groups is 1. The first-order chi connectivity index (χ1) is 14.0. The second kappa shape index (κ2) is 11.0. The maximum absolute atomic E-state index is 13.3. The first kappa shape index (κ1) is 22.1. The van der Waals surface area contributed by atoms with E-state index in [2.05, 4.69) is 15.6 Å². The molecule has 0 radical (unpaired) electrons. The van der Waals surface area contributed by atoms with Crippen LogP contribution in [0.1, 0.15) is 12.5 Å². The van der Waals surface area contributed by atoms with Gasteiger partial charge in [0.15, 0.2) is 17.5 Å². The topological polar surface area (TPSA) is 73.3 Å². The number of methoxy groups -OCH3 is 3. The minimum absolute atomic E-state index is 0.184. The molecule has 0 amide bonds. The maximum Gasteiger partial charge on any atom is 0.203 e. The Morgan fingerprint density at radius 3 is 2.28 bits per heavy atom. The summed E-state index contributed by atoms with van der Waals surface area (Å²) >= 11 is 0. The van der Waals surface area contributed by atoms with Crippen LogP contribution in [0.4, 0.5) is 4.39 Å². The number of hydrogen-bond acceptors (Lipinski definition) is 5. The molecular formula is C21H28FN3O4.